The molecule has 0 aliphatic carbocycles. The lowest BCUT2D eigenvalue weighted by Crippen LogP contribution is -2.37. The average molecular weight is 344 g/mol. The topological polar surface area (TPSA) is 66.5 Å². The van der Waals surface area contributed by atoms with Crippen LogP contribution < -0.4 is 10.2 Å². The van der Waals surface area contributed by atoms with Gasteiger partial charge in [0.1, 0.15) is 0 Å². The number of nitrogens with one attached hydrogen (secondary N) is 1. The van der Waals surface area contributed by atoms with Crippen LogP contribution in [0.4, 0.5) is 11.4 Å². The Labute approximate surface area is 142 Å². The van der Waals surface area contributed by atoms with Crippen LogP contribution in [0, 0.1) is 0 Å². The van der Waals surface area contributed by atoms with Gasteiger partial charge in [-0.25, -0.2) is 8.42 Å². The van der Waals surface area contributed by atoms with Gasteiger partial charge in [0.2, 0.25) is 5.91 Å². The number of sulfone groups is 1. The summed E-state index contributed by atoms with van der Waals surface area (Å²) in [7, 11) is -3.29. The molecule has 0 saturated heterocycles. The number of para-hydroxylation sites is 1. The van der Waals surface area contributed by atoms with E-state index in [0.29, 0.717) is 5.69 Å². The predicted molar refractivity (Wildman–Crippen MR) is 95.1 cm³/mol. The quantitative estimate of drug-likeness (QED) is 0.925. The predicted octanol–water partition coefficient (Wildman–Crippen LogP) is 2.48. The third-order valence-corrected chi connectivity index (χ3v) is 5.32. The van der Waals surface area contributed by atoms with Gasteiger partial charge in [0.25, 0.3) is 0 Å². The second kappa shape index (κ2) is 6.28. The lowest BCUT2D eigenvalue weighted by atomic mass is 10.1. The summed E-state index contributed by atoms with van der Waals surface area (Å²) in [6.45, 7) is 2.33. The molecule has 1 aliphatic rings. The van der Waals surface area contributed by atoms with Crippen molar-refractivity contribution >= 4 is 27.1 Å². The summed E-state index contributed by atoms with van der Waals surface area (Å²) in [5, 5.41) is 2.79. The second-order valence-electron chi connectivity index (χ2n) is 6.16. The second-order valence-corrected chi connectivity index (χ2v) is 8.17. The zero-order valence-corrected chi connectivity index (χ0v) is 14.5. The number of benzene rings is 2. The van der Waals surface area contributed by atoms with Gasteiger partial charge in [0, 0.05) is 23.7 Å². The van der Waals surface area contributed by atoms with Gasteiger partial charge in [-0.05, 0) is 43.2 Å². The number of carbonyl (C=O) groups is 1. The summed E-state index contributed by atoms with van der Waals surface area (Å²) < 4.78 is 23.2. The molecule has 126 valence electrons. The van der Waals surface area contributed by atoms with Crippen LogP contribution >= 0.6 is 0 Å². The van der Waals surface area contributed by atoms with E-state index in [1.807, 2.05) is 18.2 Å². The lowest BCUT2D eigenvalue weighted by Gasteiger charge is -2.24. The zero-order chi connectivity index (χ0) is 17.3. The van der Waals surface area contributed by atoms with Gasteiger partial charge in [0.05, 0.1) is 11.4 Å². The Hall–Kier alpha value is -2.34. The molecule has 2 aromatic carbocycles. The van der Waals surface area contributed by atoms with Crippen LogP contribution in [0.5, 0.6) is 0 Å². The van der Waals surface area contributed by atoms with Gasteiger partial charge in [-0.2, -0.15) is 0 Å². The smallest absolute Gasteiger partial charge is 0.243 e. The van der Waals surface area contributed by atoms with Gasteiger partial charge in [-0.15, -0.1) is 0 Å². The average Bonchev–Trinajstić information content (AvgIpc) is 2.83. The van der Waals surface area contributed by atoms with E-state index in [-0.39, 0.29) is 23.4 Å². The minimum atomic E-state index is -3.29. The van der Waals surface area contributed by atoms with Crippen molar-refractivity contribution in [2.24, 2.45) is 0 Å². The molecule has 0 radical (unpaired) electrons. The van der Waals surface area contributed by atoms with E-state index in [2.05, 4.69) is 23.2 Å². The van der Waals surface area contributed by atoms with Crippen molar-refractivity contribution in [3.05, 3.63) is 54.1 Å². The summed E-state index contributed by atoms with van der Waals surface area (Å²) in [5.74, 6) is -0.163. The van der Waals surface area contributed by atoms with Crippen LogP contribution in [0.15, 0.2) is 53.4 Å². The maximum Gasteiger partial charge on any atom is 0.243 e. The Bertz CT molecular complexity index is 877. The van der Waals surface area contributed by atoms with Crippen molar-refractivity contribution in [1.82, 2.24) is 0 Å². The number of hydrogen-bond acceptors (Lipinski definition) is 4. The summed E-state index contributed by atoms with van der Waals surface area (Å²) in [6, 6.07) is 14.7. The van der Waals surface area contributed by atoms with E-state index in [1.54, 1.807) is 12.1 Å². The minimum absolute atomic E-state index is 0.163. The van der Waals surface area contributed by atoms with Crippen LogP contribution in [-0.2, 0) is 21.1 Å². The van der Waals surface area contributed by atoms with Crippen molar-refractivity contribution in [3.63, 3.8) is 0 Å². The Morgan fingerprint density at radius 2 is 1.96 bits per heavy atom. The van der Waals surface area contributed by atoms with E-state index >= 15 is 0 Å². The molecule has 6 heteroatoms. The van der Waals surface area contributed by atoms with Crippen LogP contribution in [0.25, 0.3) is 0 Å². The highest BCUT2D eigenvalue weighted by atomic mass is 32.2. The molecule has 1 heterocycles. The molecule has 0 aromatic heterocycles. The molecule has 3 rings (SSSR count). The summed E-state index contributed by atoms with van der Waals surface area (Å²) in [5.41, 5.74) is 2.82. The van der Waals surface area contributed by atoms with Crippen LogP contribution in [0.1, 0.15) is 12.5 Å². The number of rotatable bonds is 4. The third kappa shape index (κ3) is 3.43. The van der Waals surface area contributed by atoms with Gasteiger partial charge in [0.15, 0.2) is 9.84 Å². The largest absolute Gasteiger partial charge is 0.359 e. The Morgan fingerprint density at radius 3 is 2.71 bits per heavy atom. The first-order valence-electron chi connectivity index (χ1n) is 7.79. The third-order valence-electron chi connectivity index (χ3n) is 4.21. The molecule has 1 aliphatic heterocycles. The molecular formula is C18H20N2O3S. The van der Waals surface area contributed by atoms with Crippen LogP contribution in [-0.4, -0.2) is 33.2 Å². The van der Waals surface area contributed by atoms with Crippen molar-refractivity contribution in [2.75, 3.05) is 23.0 Å². The van der Waals surface area contributed by atoms with E-state index in [4.69, 9.17) is 0 Å². The standard InChI is InChI=1S/C18H20N2O3S/c1-13-10-14-6-3-4-9-17(14)20(13)12-18(21)19-15-7-5-8-16(11-15)24(2,22)23/h3-9,11,13H,10,12H2,1-2H3,(H,19,21)/t13-/m1/s1. The Balaban J connectivity index is 1.73. The number of amides is 1. The SMILES string of the molecule is C[C@@H]1Cc2ccccc2N1CC(=O)Nc1cccc(S(C)(=O)=O)c1. The molecule has 1 atom stereocenters. The molecule has 0 spiro atoms. The molecule has 1 N–H and O–H groups in total. The maximum absolute atomic E-state index is 12.4. The number of fused-ring (bicyclic) bond motifs is 1. The van der Waals surface area contributed by atoms with Gasteiger partial charge in [-0.1, -0.05) is 24.3 Å². The molecule has 0 unspecified atom stereocenters. The molecule has 0 saturated carbocycles. The summed E-state index contributed by atoms with van der Waals surface area (Å²) >= 11 is 0. The highest BCUT2D eigenvalue weighted by molar-refractivity contribution is 7.90. The molecule has 2 aromatic rings. The molecule has 0 fully saturated rings. The minimum Gasteiger partial charge on any atom is -0.359 e. The number of carbonyl (C=O) groups excluding carboxylic acids is 1. The highest BCUT2D eigenvalue weighted by Gasteiger charge is 2.27. The molecule has 24 heavy (non-hydrogen) atoms. The fourth-order valence-corrected chi connectivity index (χ4v) is 3.70. The first kappa shape index (κ1) is 16.5. The molecule has 0 bridgehead atoms. The van der Waals surface area contributed by atoms with Gasteiger partial charge in [-0.3, -0.25) is 4.79 Å². The number of nitrogens with zero attached hydrogens (tertiary/aromatic N) is 1. The van der Waals surface area contributed by atoms with E-state index in [9.17, 15) is 13.2 Å². The Morgan fingerprint density at radius 1 is 1.21 bits per heavy atom. The first-order chi connectivity index (χ1) is 11.3. The van der Waals surface area contributed by atoms with Crippen LogP contribution in [0.3, 0.4) is 0 Å². The number of hydrogen-bond donors (Lipinski definition) is 1. The first-order valence-corrected chi connectivity index (χ1v) is 9.68. The van der Waals surface area contributed by atoms with Crippen molar-refractivity contribution in [3.8, 4) is 0 Å². The summed E-state index contributed by atoms with van der Waals surface area (Å²) in [4.78, 5) is 14.7. The number of anilines is 2. The summed E-state index contributed by atoms with van der Waals surface area (Å²) in [6.07, 6.45) is 2.07. The fraction of sp³-hybridized carbons (Fsp3) is 0.278. The van der Waals surface area contributed by atoms with Crippen molar-refractivity contribution in [2.45, 2.75) is 24.3 Å². The highest BCUT2D eigenvalue weighted by Crippen LogP contribution is 2.31. The molecule has 5 nitrogen and oxygen atoms in total. The van der Waals surface area contributed by atoms with Crippen molar-refractivity contribution < 1.29 is 13.2 Å². The van der Waals surface area contributed by atoms with Crippen molar-refractivity contribution in [1.29, 1.82) is 0 Å². The van der Waals surface area contributed by atoms with E-state index < -0.39 is 9.84 Å². The normalized spacial score (nSPS) is 16.8. The monoisotopic (exact) mass is 344 g/mol. The van der Waals surface area contributed by atoms with E-state index in [1.165, 1.54) is 17.7 Å². The maximum atomic E-state index is 12.4. The van der Waals surface area contributed by atoms with Crippen LogP contribution in [0.2, 0.25) is 0 Å². The van der Waals surface area contributed by atoms with Gasteiger partial charge >= 0.3 is 0 Å². The fourth-order valence-electron chi connectivity index (χ4n) is 3.03. The van der Waals surface area contributed by atoms with Gasteiger partial charge < -0.3 is 10.2 Å². The molecule has 1 amide bonds. The molecular weight excluding hydrogens is 324 g/mol. The van der Waals surface area contributed by atoms with E-state index in [0.717, 1.165) is 18.4 Å². The zero-order valence-electron chi connectivity index (χ0n) is 13.7. The lowest BCUT2D eigenvalue weighted by molar-refractivity contribution is -0.115. The Kier molecular flexibility index (Phi) is 4.32.